The molecule has 0 spiro atoms. The predicted octanol–water partition coefficient (Wildman–Crippen LogP) is 4.50. The number of benzene rings is 2. The van der Waals surface area contributed by atoms with Crippen LogP contribution in [0.25, 0.3) is 0 Å². The SMILES string of the molecule is CC(C)C(C)(C)C(C)(N)OB(Oc1ccccc1)Oc1ccccc1. The lowest BCUT2D eigenvalue weighted by atomic mass is 9.72. The second-order valence-corrected chi connectivity index (χ2v) is 7.25. The van der Waals surface area contributed by atoms with Gasteiger partial charge in [0.05, 0.1) is 0 Å². The van der Waals surface area contributed by atoms with Crippen molar-refractivity contribution >= 4 is 7.32 Å². The lowest BCUT2D eigenvalue weighted by Gasteiger charge is -2.44. The van der Waals surface area contributed by atoms with E-state index in [0.717, 1.165) is 0 Å². The van der Waals surface area contributed by atoms with Gasteiger partial charge in [-0.2, -0.15) is 0 Å². The van der Waals surface area contributed by atoms with Gasteiger partial charge in [0.25, 0.3) is 0 Å². The van der Waals surface area contributed by atoms with Crippen LogP contribution in [0, 0.1) is 11.3 Å². The molecule has 2 N–H and O–H groups in total. The van der Waals surface area contributed by atoms with E-state index in [4.69, 9.17) is 19.7 Å². The molecule has 0 aromatic heterocycles. The Morgan fingerprint density at radius 1 is 0.800 bits per heavy atom. The largest absolute Gasteiger partial charge is 0.789 e. The number of rotatable bonds is 8. The van der Waals surface area contributed by atoms with Gasteiger partial charge in [0.15, 0.2) is 0 Å². The molecule has 134 valence electrons. The van der Waals surface area contributed by atoms with Crippen LogP contribution in [0.15, 0.2) is 60.7 Å². The lowest BCUT2D eigenvalue weighted by molar-refractivity contribution is -0.0718. The molecule has 0 heterocycles. The van der Waals surface area contributed by atoms with E-state index in [9.17, 15) is 0 Å². The van der Waals surface area contributed by atoms with Gasteiger partial charge in [0.2, 0.25) is 0 Å². The fraction of sp³-hybridized carbons (Fsp3) is 0.400. The molecule has 2 aromatic carbocycles. The highest BCUT2D eigenvalue weighted by molar-refractivity contribution is 6.38. The van der Waals surface area contributed by atoms with Crippen molar-refractivity contribution in [2.45, 2.75) is 40.3 Å². The van der Waals surface area contributed by atoms with E-state index in [0.29, 0.717) is 17.4 Å². The van der Waals surface area contributed by atoms with Crippen LogP contribution < -0.4 is 15.0 Å². The summed E-state index contributed by atoms with van der Waals surface area (Å²) in [7, 11) is -0.960. The summed E-state index contributed by atoms with van der Waals surface area (Å²) < 4.78 is 17.9. The zero-order valence-corrected chi connectivity index (χ0v) is 15.7. The van der Waals surface area contributed by atoms with Gasteiger partial charge in [-0.15, -0.1) is 0 Å². The third-order valence-corrected chi connectivity index (χ3v) is 5.01. The van der Waals surface area contributed by atoms with Crippen LogP contribution in [-0.4, -0.2) is 13.0 Å². The fourth-order valence-electron chi connectivity index (χ4n) is 2.22. The third-order valence-electron chi connectivity index (χ3n) is 5.01. The molecule has 0 bridgehead atoms. The maximum atomic E-state index is 6.52. The molecule has 0 radical (unpaired) electrons. The molecule has 0 saturated heterocycles. The predicted molar refractivity (Wildman–Crippen MR) is 102 cm³/mol. The van der Waals surface area contributed by atoms with Gasteiger partial charge >= 0.3 is 7.32 Å². The van der Waals surface area contributed by atoms with E-state index in [-0.39, 0.29) is 5.41 Å². The maximum absolute atomic E-state index is 6.52. The van der Waals surface area contributed by atoms with E-state index >= 15 is 0 Å². The minimum atomic E-state index is -0.960. The summed E-state index contributed by atoms with van der Waals surface area (Å²) in [4.78, 5) is 0. The first-order valence-corrected chi connectivity index (χ1v) is 8.62. The highest BCUT2D eigenvalue weighted by atomic mass is 16.7. The lowest BCUT2D eigenvalue weighted by Crippen LogP contribution is -2.59. The van der Waals surface area contributed by atoms with Crippen molar-refractivity contribution in [2.75, 3.05) is 0 Å². The van der Waals surface area contributed by atoms with Crippen LogP contribution in [0.2, 0.25) is 0 Å². The van der Waals surface area contributed by atoms with Gasteiger partial charge in [0, 0.05) is 5.41 Å². The Labute approximate surface area is 151 Å². The molecule has 0 aliphatic heterocycles. The van der Waals surface area contributed by atoms with Gasteiger partial charge < -0.3 is 19.7 Å². The van der Waals surface area contributed by atoms with E-state index < -0.39 is 13.0 Å². The number of hydrogen-bond donors (Lipinski definition) is 1. The van der Waals surface area contributed by atoms with Crippen molar-refractivity contribution in [1.82, 2.24) is 0 Å². The summed E-state index contributed by atoms with van der Waals surface area (Å²) in [6.45, 7) is 10.3. The Morgan fingerprint density at radius 3 is 1.56 bits per heavy atom. The molecule has 2 aromatic rings. The second kappa shape index (κ2) is 7.94. The Kier molecular flexibility index (Phi) is 6.14. The molecule has 0 saturated carbocycles. The summed E-state index contributed by atoms with van der Waals surface area (Å²) in [5.41, 5.74) is 5.29. The summed E-state index contributed by atoms with van der Waals surface area (Å²) in [5.74, 6) is 1.62. The Bertz CT molecular complexity index is 603. The first kappa shape index (κ1) is 19.4. The minimum absolute atomic E-state index is 0.286. The zero-order valence-electron chi connectivity index (χ0n) is 15.7. The molecule has 1 atom stereocenters. The summed E-state index contributed by atoms with van der Waals surface area (Å²) >= 11 is 0. The quantitative estimate of drug-likeness (QED) is 0.567. The minimum Gasteiger partial charge on any atom is -0.501 e. The van der Waals surface area contributed by atoms with E-state index in [1.54, 1.807) is 0 Å². The summed E-state index contributed by atoms with van der Waals surface area (Å²) in [6, 6.07) is 18.9. The molecule has 5 heteroatoms. The number of para-hydroxylation sites is 2. The second-order valence-electron chi connectivity index (χ2n) is 7.25. The molecule has 0 aliphatic rings. The average Bonchev–Trinajstić information content (AvgIpc) is 2.56. The standard InChI is InChI=1S/C20H28BNO3/c1-16(2)19(3,4)20(5,22)25-21(23-17-12-8-6-9-13-17)24-18-14-10-7-11-15-18/h6-16H,22H2,1-5H3. The molecule has 25 heavy (non-hydrogen) atoms. The van der Waals surface area contributed by atoms with E-state index in [1.807, 2.05) is 67.6 Å². The summed E-state index contributed by atoms with van der Waals surface area (Å²) in [5, 5.41) is 0. The van der Waals surface area contributed by atoms with Gasteiger partial charge in [-0.3, -0.25) is 0 Å². The van der Waals surface area contributed by atoms with Crippen LogP contribution in [0.3, 0.4) is 0 Å². The molecular weight excluding hydrogens is 313 g/mol. The van der Waals surface area contributed by atoms with Crippen molar-refractivity contribution in [3.05, 3.63) is 60.7 Å². The smallest absolute Gasteiger partial charge is 0.501 e. The monoisotopic (exact) mass is 341 g/mol. The van der Waals surface area contributed by atoms with E-state index in [2.05, 4.69) is 27.7 Å². The molecule has 1 unspecified atom stereocenters. The summed E-state index contributed by atoms with van der Waals surface area (Å²) in [6.07, 6.45) is 0. The zero-order chi connectivity index (χ0) is 18.5. The molecule has 4 nitrogen and oxygen atoms in total. The van der Waals surface area contributed by atoms with Gasteiger partial charge in [-0.1, -0.05) is 64.1 Å². The molecule has 0 aliphatic carbocycles. The Hall–Kier alpha value is -1.98. The van der Waals surface area contributed by atoms with Crippen LogP contribution in [0.5, 0.6) is 11.5 Å². The molecular formula is C20H28BNO3. The van der Waals surface area contributed by atoms with Gasteiger partial charge in [-0.05, 0) is 37.1 Å². The third kappa shape index (κ3) is 5.00. The van der Waals surface area contributed by atoms with Crippen molar-refractivity contribution in [1.29, 1.82) is 0 Å². The van der Waals surface area contributed by atoms with Gasteiger partial charge in [0.1, 0.15) is 17.2 Å². The number of nitrogens with two attached hydrogens (primary N) is 1. The molecule has 2 rings (SSSR count). The van der Waals surface area contributed by atoms with Crippen molar-refractivity contribution in [3.63, 3.8) is 0 Å². The van der Waals surface area contributed by atoms with Crippen LogP contribution in [0.4, 0.5) is 0 Å². The molecule has 0 amide bonds. The van der Waals surface area contributed by atoms with Crippen LogP contribution >= 0.6 is 0 Å². The fourth-order valence-corrected chi connectivity index (χ4v) is 2.22. The molecule has 0 fully saturated rings. The van der Waals surface area contributed by atoms with E-state index in [1.165, 1.54) is 0 Å². The topological polar surface area (TPSA) is 53.7 Å². The number of hydrogen-bond acceptors (Lipinski definition) is 4. The normalized spacial score (nSPS) is 14.0. The maximum Gasteiger partial charge on any atom is 0.789 e. The highest BCUT2D eigenvalue weighted by Crippen LogP contribution is 2.37. The van der Waals surface area contributed by atoms with Crippen molar-refractivity contribution in [2.24, 2.45) is 17.1 Å². The van der Waals surface area contributed by atoms with Crippen molar-refractivity contribution < 1.29 is 14.0 Å². The first-order chi connectivity index (χ1) is 11.7. The average molecular weight is 341 g/mol. The highest BCUT2D eigenvalue weighted by Gasteiger charge is 2.46. The van der Waals surface area contributed by atoms with Gasteiger partial charge in [-0.25, -0.2) is 0 Å². The first-order valence-electron chi connectivity index (χ1n) is 8.62. The van der Waals surface area contributed by atoms with Crippen LogP contribution in [-0.2, 0) is 4.65 Å². The Morgan fingerprint density at radius 2 is 1.20 bits per heavy atom. The van der Waals surface area contributed by atoms with Crippen molar-refractivity contribution in [3.8, 4) is 11.5 Å². The Balaban J connectivity index is 2.21. The van der Waals surface area contributed by atoms with Crippen LogP contribution in [0.1, 0.15) is 34.6 Å².